The van der Waals surface area contributed by atoms with E-state index in [4.69, 9.17) is 11.8 Å². The molecule has 4 nitrogen and oxygen atoms in total. The number of nitrogens with zero attached hydrogens (tertiary/aromatic N) is 2. The predicted octanol–water partition coefficient (Wildman–Crippen LogP) is 1.43. The highest BCUT2D eigenvalue weighted by atomic mass is 16.5. The number of carbonyl (C=O) groups is 1. The summed E-state index contributed by atoms with van der Waals surface area (Å²) in [5, 5.41) is 8.39. The van der Waals surface area contributed by atoms with E-state index < -0.39 is 12.1 Å². The van der Waals surface area contributed by atoms with Crippen LogP contribution >= 0.6 is 0 Å². The maximum absolute atomic E-state index is 10.9. The van der Waals surface area contributed by atoms with Gasteiger partial charge in [-0.3, -0.25) is 4.79 Å². The van der Waals surface area contributed by atoms with Gasteiger partial charge in [0, 0.05) is 0 Å². The van der Waals surface area contributed by atoms with Crippen LogP contribution < -0.4 is 0 Å². The Labute approximate surface area is 76.5 Å². The van der Waals surface area contributed by atoms with E-state index in [1.165, 1.54) is 6.92 Å². The zero-order chi connectivity index (χ0) is 10.4. The smallest absolute Gasteiger partial charge is 0.336 e. The van der Waals surface area contributed by atoms with Gasteiger partial charge in [0.05, 0.1) is 18.2 Å². The fraction of sp³-hybridized carbons (Fsp3) is 0.222. The van der Waals surface area contributed by atoms with E-state index in [1.54, 1.807) is 6.07 Å². The molecule has 0 amide bonds. The average Bonchev–Trinajstić information content (AvgIpc) is 2.14. The fourth-order valence-electron chi connectivity index (χ4n) is 0.436. The van der Waals surface area contributed by atoms with Crippen molar-refractivity contribution in [3.05, 3.63) is 35.8 Å². The van der Waals surface area contributed by atoms with Crippen LogP contribution in [0.4, 0.5) is 0 Å². The lowest BCUT2D eigenvalue weighted by Gasteiger charge is -2.09. The Morgan fingerprint density at radius 3 is 2.62 bits per heavy atom. The van der Waals surface area contributed by atoms with Gasteiger partial charge >= 0.3 is 5.97 Å². The normalized spacial score (nSPS) is 10.4. The molecule has 0 radical (unpaired) electrons. The van der Waals surface area contributed by atoms with Crippen molar-refractivity contribution < 1.29 is 9.53 Å². The van der Waals surface area contributed by atoms with Gasteiger partial charge in [-0.05, 0) is 6.92 Å². The molecule has 1 unspecified atom stereocenters. The first kappa shape index (κ1) is 10.9. The molecule has 0 aromatic rings. The molecule has 0 saturated heterocycles. The lowest BCUT2D eigenvalue weighted by atomic mass is 10.2. The van der Waals surface area contributed by atoms with E-state index >= 15 is 0 Å². The molecule has 0 bridgehead atoms. The summed E-state index contributed by atoms with van der Waals surface area (Å²) >= 11 is 0. The van der Waals surface area contributed by atoms with E-state index in [0.29, 0.717) is 0 Å². The van der Waals surface area contributed by atoms with E-state index in [-0.39, 0.29) is 11.3 Å². The van der Waals surface area contributed by atoms with Gasteiger partial charge in [-0.15, -0.1) is 0 Å². The number of hydrogen-bond donors (Lipinski definition) is 0. The molecule has 0 N–H and O–H groups in total. The van der Waals surface area contributed by atoms with Crippen molar-refractivity contribution in [3.8, 4) is 6.07 Å². The number of carbonyl (C=O) groups excluding carboxylic acids is 1. The molecule has 0 spiro atoms. The Bertz CT molecular complexity index is 331. The molecule has 0 saturated carbocycles. The van der Waals surface area contributed by atoms with Crippen LogP contribution in [-0.4, -0.2) is 12.1 Å². The Hall–Kier alpha value is -2.07. The van der Waals surface area contributed by atoms with Crippen molar-refractivity contribution >= 4 is 5.97 Å². The molecular formula is C9H8N2O2. The second kappa shape index (κ2) is 4.74. The van der Waals surface area contributed by atoms with Gasteiger partial charge in [0.2, 0.25) is 0 Å². The Morgan fingerprint density at radius 1 is 1.69 bits per heavy atom. The highest BCUT2D eigenvalue weighted by Gasteiger charge is 2.14. The zero-order valence-electron chi connectivity index (χ0n) is 7.20. The van der Waals surface area contributed by atoms with Gasteiger partial charge in [-0.2, -0.15) is 5.26 Å². The van der Waals surface area contributed by atoms with Crippen LogP contribution in [0.3, 0.4) is 0 Å². The van der Waals surface area contributed by atoms with Crippen molar-refractivity contribution in [3.63, 3.8) is 0 Å². The molecule has 1 atom stereocenters. The first-order valence-electron chi connectivity index (χ1n) is 3.39. The number of nitriles is 1. The molecule has 0 aliphatic rings. The monoisotopic (exact) mass is 176 g/mol. The molecule has 0 rings (SSSR count). The van der Waals surface area contributed by atoms with Gasteiger partial charge < -0.3 is 4.74 Å². The van der Waals surface area contributed by atoms with Crippen molar-refractivity contribution in [1.29, 1.82) is 5.26 Å². The van der Waals surface area contributed by atoms with Crippen molar-refractivity contribution in [2.75, 3.05) is 0 Å². The van der Waals surface area contributed by atoms with Gasteiger partial charge in [0.25, 0.3) is 5.70 Å². The largest absolute Gasteiger partial charge is 0.462 e. The topological polar surface area (TPSA) is 54.5 Å². The highest BCUT2D eigenvalue weighted by molar-refractivity contribution is 5.89. The van der Waals surface area contributed by atoms with E-state index in [2.05, 4.69) is 22.7 Å². The average molecular weight is 176 g/mol. The second-order valence-electron chi connectivity index (χ2n) is 2.24. The van der Waals surface area contributed by atoms with E-state index in [9.17, 15) is 4.79 Å². The third-order valence-corrected chi connectivity index (χ3v) is 1.29. The number of hydrogen-bond acceptors (Lipinski definition) is 3. The summed E-state index contributed by atoms with van der Waals surface area (Å²) in [6.07, 6.45) is -0.712. The first-order chi connectivity index (χ1) is 6.02. The highest BCUT2D eigenvalue weighted by Crippen LogP contribution is 2.06. The van der Waals surface area contributed by atoms with Crippen LogP contribution in [0.5, 0.6) is 0 Å². The van der Waals surface area contributed by atoms with E-state index in [0.717, 1.165) is 0 Å². The van der Waals surface area contributed by atoms with E-state index in [1.807, 2.05) is 0 Å². The maximum Gasteiger partial charge on any atom is 0.336 e. The van der Waals surface area contributed by atoms with Crippen molar-refractivity contribution in [1.82, 2.24) is 0 Å². The van der Waals surface area contributed by atoms with Crippen LogP contribution in [0.1, 0.15) is 6.92 Å². The maximum atomic E-state index is 10.9. The van der Waals surface area contributed by atoms with Crippen LogP contribution in [0.2, 0.25) is 0 Å². The third kappa shape index (κ3) is 3.22. The molecule has 0 aliphatic heterocycles. The fourth-order valence-corrected chi connectivity index (χ4v) is 0.436. The van der Waals surface area contributed by atoms with Gasteiger partial charge in [0.1, 0.15) is 6.10 Å². The molecule has 66 valence electrons. The molecule has 0 aromatic heterocycles. The number of ether oxygens (including phenoxy) is 1. The Balaban J connectivity index is 4.26. The molecule has 0 fully saturated rings. The summed E-state index contributed by atoms with van der Waals surface area (Å²) in [5.41, 5.74) is -0.177. The molecule has 0 aromatic carbocycles. The summed E-state index contributed by atoms with van der Waals surface area (Å²) < 4.78 is 4.68. The third-order valence-electron chi connectivity index (χ3n) is 1.29. The summed E-state index contributed by atoms with van der Waals surface area (Å²) in [6.45, 7) is 14.5. The quantitative estimate of drug-likeness (QED) is 0.283. The zero-order valence-corrected chi connectivity index (χ0v) is 7.20. The number of esters is 1. The van der Waals surface area contributed by atoms with Crippen LogP contribution in [0.25, 0.3) is 4.85 Å². The summed E-state index contributed by atoms with van der Waals surface area (Å²) in [5.74, 6) is -0.820. The van der Waals surface area contributed by atoms with Gasteiger partial charge in [-0.1, -0.05) is 13.2 Å². The lowest BCUT2D eigenvalue weighted by molar-refractivity contribution is -0.141. The number of rotatable bonds is 3. The molecule has 0 heterocycles. The standard InChI is InChI=1S/C9H8N2O2/c1-6(5-10)8(3)13-9(12)7(2)11-4/h8H,1-2H2,3H3. The molecular weight excluding hydrogens is 168 g/mol. The Kier molecular flexibility index (Phi) is 3.98. The van der Waals surface area contributed by atoms with Crippen molar-refractivity contribution in [2.45, 2.75) is 13.0 Å². The van der Waals surface area contributed by atoms with Gasteiger partial charge in [-0.25, -0.2) is 4.85 Å². The molecule has 13 heavy (non-hydrogen) atoms. The predicted molar refractivity (Wildman–Crippen MR) is 46.0 cm³/mol. The molecule has 4 heteroatoms. The van der Waals surface area contributed by atoms with Crippen LogP contribution in [0.15, 0.2) is 24.4 Å². The van der Waals surface area contributed by atoms with Crippen molar-refractivity contribution in [2.24, 2.45) is 0 Å². The summed E-state index contributed by atoms with van der Waals surface area (Å²) in [4.78, 5) is 13.7. The minimum Gasteiger partial charge on any atom is -0.462 e. The van der Waals surface area contributed by atoms with Crippen LogP contribution in [-0.2, 0) is 9.53 Å². The Morgan fingerprint density at radius 2 is 2.23 bits per heavy atom. The second-order valence-corrected chi connectivity index (χ2v) is 2.24. The summed E-state index contributed by atoms with van der Waals surface area (Å²) in [6, 6.07) is 1.75. The van der Waals surface area contributed by atoms with Crippen LogP contribution in [0, 0.1) is 17.9 Å². The minimum absolute atomic E-state index is 0.131. The minimum atomic E-state index is -0.820. The SMILES string of the molecule is [C-]#[N+]C(=C)C(=O)OC(C)C(=C)C#N. The van der Waals surface area contributed by atoms with Gasteiger partial charge in [0.15, 0.2) is 0 Å². The first-order valence-corrected chi connectivity index (χ1v) is 3.39. The molecule has 0 aliphatic carbocycles. The summed E-state index contributed by atoms with van der Waals surface area (Å²) in [7, 11) is 0. The lowest BCUT2D eigenvalue weighted by Crippen LogP contribution is -2.16.